The van der Waals surface area contributed by atoms with Gasteiger partial charge in [-0.3, -0.25) is 0 Å². The van der Waals surface area contributed by atoms with Crippen LogP contribution >= 0.6 is 31.9 Å². The summed E-state index contributed by atoms with van der Waals surface area (Å²) in [6.45, 7) is 0. The van der Waals surface area contributed by atoms with Crippen LogP contribution in [0, 0.1) is 17.5 Å². The third kappa shape index (κ3) is 2.78. The van der Waals surface area contributed by atoms with Crippen molar-refractivity contribution in [1.29, 1.82) is 0 Å². The molecule has 0 aromatic heterocycles. The summed E-state index contributed by atoms with van der Waals surface area (Å²) in [5.74, 6) is -1.54. The zero-order valence-corrected chi connectivity index (χ0v) is 12.1. The minimum Gasteiger partial charge on any atom is -0.207 e. The van der Waals surface area contributed by atoms with Crippen LogP contribution in [0.25, 0.3) is 0 Å². The third-order valence-corrected chi connectivity index (χ3v) is 4.08. The third-order valence-electron chi connectivity index (χ3n) is 2.45. The predicted octanol–water partition coefficient (Wildman–Crippen LogP) is 5.35. The van der Waals surface area contributed by atoms with E-state index in [1.54, 1.807) is 6.07 Å². The minimum atomic E-state index is -0.601. The molecular weight excluding hydrogens is 373 g/mol. The summed E-state index contributed by atoms with van der Waals surface area (Å²) in [6, 6.07) is 7.87. The predicted molar refractivity (Wildman–Crippen MR) is 71.2 cm³/mol. The van der Waals surface area contributed by atoms with Gasteiger partial charge in [-0.15, -0.1) is 0 Å². The largest absolute Gasteiger partial charge is 0.207 e. The molecule has 0 nitrogen and oxygen atoms in total. The molecule has 0 fully saturated rings. The molecule has 0 amide bonds. The number of halogens is 5. The molecule has 94 valence electrons. The van der Waals surface area contributed by atoms with Gasteiger partial charge in [-0.1, -0.05) is 28.1 Å². The first kappa shape index (κ1) is 13.6. The van der Waals surface area contributed by atoms with E-state index < -0.39 is 22.3 Å². The molecule has 2 aromatic rings. The monoisotopic (exact) mass is 378 g/mol. The topological polar surface area (TPSA) is 0 Å². The Balaban J connectivity index is 2.46. The highest BCUT2D eigenvalue weighted by molar-refractivity contribution is 9.10. The summed E-state index contributed by atoms with van der Waals surface area (Å²) >= 11 is 6.16. The van der Waals surface area contributed by atoms with Crippen LogP contribution in [0.1, 0.15) is 16.0 Å². The van der Waals surface area contributed by atoms with Crippen molar-refractivity contribution in [3.05, 3.63) is 69.4 Å². The fourth-order valence-corrected chi connectivity index (χ4v) is 2.53. The summed E-state index contributed by atoms with van der Waals surface area (Å²) < 4.78 is 40.3. The summed E-state index contributed by atoms with van der Waals surface area (Å²) in [7, 11) is 0. The molecule has 18 heavy (non-hydrogen) atoms. The van der Waals surface area contributed by atoms with E-state index in [9.17, 15) is 13.2 Å². The van der Waals surface area contributed by atoms with E-state index in [1.807, 2.05) is 0 Å². The molecule has 0 radical (unpaired) electrons. The molecule has 0 spiro atoms. The molecule has 0 aliphatic carbocycles. The first-order chi connectivity index (χ1) is 8.49. The number of rotatable bonds is 2. The first-order valence-corrected chi connectivity index (χ1v) is 6.74. The molecule has 2 aromatic carbocycles. The molecule has 0 aliphatic rings. The zero-order chi connectivity index (χ0) is 13.3. The highest BCUT2D eigenvalue weighted by Gasteiger charge is 2.17. The molecule has 2 rings (SSSR count). The summed E-state index contributed by atoms with van der Waals surface area (Å²) in [5.41, 5.74) is 0.650. The van der Waals surface area contributed by atoms with Gasteiger partial charge in [0.05, 0.1) is 9.30 Å². The molecule has 1 unspecified atom stereocenters. The highest BCUT2D eigenvalue weighted by atomic mass is 79.9. The van der Waals surface area contributed by atoms with Gasteiger partial charge < -0.3 is 0 Å². The van der Waals surface area contributed by atoms with E-state index in [0.29, 0.717) is 5.56 Å². The van der Waals surface area contributed by atoms with Crippen LogP contribution < -0.4 is 0 Å². The number of hydrogen-bond donors (Lipinski definition) is 0. The lowest BCUT2D eigenvalue weighted by Gasteiger charge is -2.12. The van der Waals surface area contributed by atoms with Gasteiger partial charge in [0.15, 0.2) is 0 Å². The lowest BCUT2D eigenvalue weighted by atomic mass is 10.0. The van der Waals surface area contributed by atoms with E-state index in [-0.39, 0.29) is 10.0 Å². The van der Waals surface area contributed by atoms with Crippen LogP contribution in [0.5, 0.6) is 0 Å². The van der Waals surface area contributed by atoms with Crippen LogP contribution in [-0.4, -0.2) is 0 Å². The average molecular weight is 380 g/mol. The molecular formula is C13H7Br2F3. The van der Waals surface area contributed by atoms with Crippen molar-refractivity contribution in [3.8, 4) is 0 Å². The van der Waals surface area contributed by atoms with E-state index in [2.05, 4.69) is 31.9 Å². The van der Waals surface area contributed by atoms with Crippen molar-refractivity contribution < 1.29 is 13.2 Å². The Morgan fingerprint density at radius 1 is 0.944 bits per heavy atom. The van der Waals surface area contributed by atoms with E-state index in [0.717, 1.165) is 12.1 Å². The van der Waals surface area contributed by atoms with Crippen molar-refractivity contribution in [3.63, 3.8) is 0 Å². The Labute approximate surface area is 119 Å². The van der Waals surface area contributed by atoms with Crippen molar-refractivity contribution in [2.45, 2.75) is 4.83 Å². The van der Waals surface area contributed by atoms with Gasteiger partial charge in [0.1, 0.15) is 17.5 Å². The maximum Gasteiger partial charge on any atom is 0.137 e. The highest BCUT2D eigenvalue weighted by Crippen LogP contribution is 2.34. The number of alkyl halides is 1. The van der Waals surface area contributed by atoms with Gasteiger partial charge in [0, 0.05) is 5.56 Å². The lowest BCUT2D eigenvalue weighted by molar-refractivity contribution is 0.582. The van der Waals surface area contributed by atoms with Crippen molar-refractivity contribution in [2.24, 2.45) is 0 Å². The second-order valence-corrected chi connectivity index (χ2v) is 5.48. The van der Waals surface area contributed by atoms with Gasteiger partial charge in [0.25, 0.3) is 0 Å². The second kappa shape index (κ2) is 5.45. The molecule has 0 saturated carbocycles. The number of benzene rings is 2. The normalized spacial score (nSPS) is 12.5. The minimum absolute atomic E-state index is 0.0580. The maximum absolute atomic E-state index is 13.7. The van der Waals surface area contributed by atoms with Crippen molar-refractivity contribution >= 4 is 31.9 Å². The second-order valence-electron chi connectivity index (χ2n) is 3.71. The molecule has 5 heteroatoms. The van der Waals surface area contributed by atoms with Crippen LogP contribution in [0.2, 0.25) is 0 Å². The molecule has 1 atom stereocenters. The van der Waals surface area contributed by atoms with E-state index >= 15 is 0 Å². The van der Waals surface area contributed by atoms with Gasteiger partial charge in [-0.2, -0.15) is 0 Å². The van der Waals surface area contributed by atoms with Gasteiger partial charge in [-0.25, -0.2) is 13.2 Å². The Morgan fingerprint density at radius 3 is 2.33 bits per heavy atom. The quantitative estimate of drug-likeness (QED) is 0.487. The van der Waals surface area contributed by atoms with Crippen LogP contribution in [-0.2, 0) is 0 Å². The maximum atomic E-state index is 13.7. The summed E-state index contributed by atoms with van der Waals surface area (Å²) in [4.78, 5) is -0.601. The van der Waals surface area contributed by atoms with Crippen LogP contribution in [0.4, 0.5) is 13.2 Å². The van der Waals surface area contributed by atoms with Crippen molar-refractivity contribution in [1.82, 2.24) is 0 Å². The standard InChI is InChI=1S/C13H7Br2F3/c14-10-6-11(17)9(5-12(10)18)13(15)7-2-1-3-8(16)4-7/h1-6,13H. The summed E-state index contributed by atoms with van der Waals surface area (Å²) in [6.07, 6.45) is 0. The fourth-order valence-electron chi connectivity index (χ4n) is 1.58. The van der Waals surface area contributed by atoms with Gasteiger partial charge >= 0.3 is 0 Å². The summed E-state index contributed by atoms with van der Waals surface area (Å²) in [5, 5.41) is 0. The Morgan fingerprint density at radius 2 is 1.67 bits per heavy atom. The molecule has 0 saturated heterocycles. The molecule has 0 aliphatic heterocycles. The van der Waals surface area contributed by atoms with Crippen LogP contribution in [0.3, 0.4) is 0 Å². The number of hydrogen-bond acceptors (Lipinski definition) is 0. The molecule has 0 heterocycles. The molecule has 0 N–H and O–H groups in total. The zero-order valence-electron chi connectivity index (χ0n) is 8.93. The smallest absolute Gasteiger partial charge is 0.137 e. The van der Waals surface area contributed by atoms with Gasteiger partial charge in [-0.05, 0) is 45.8 Å². The SMILES string of the molecule is Fc1cccc(C(Br)c2cc(F)c(Br)cc2F)c1. The van der Waals surface area contributed by atoms with E-state index in [4.69, 9.17) is 0 Å². The Hall–Kier alpha value is -0.810. The Kier molecular flexibility index (Phi) is 4.12. The van der Waals surface area contributed by atoms with Gasteiger partial charge in [0.2, 0.25) is 0 Å². The first-order valence-electron chi connectivity index (χ1n) is 5.03. The Bertz CT molecular complexity index is 584. The lowest BCUT2D eigenvalue weighted by Crippen LogP contribution is -1.99. The van der Waals surface area contributed by atoms with E-state index in [1.165, 1.54) is 18.2 Å². The average Bonchev–Trinajstić information content (AvgIpc) is 2.33. The molecule has 0 bridgehead atoms. The van der Waals surface area contributed by atoms with Crippen molar-refractivity contribution in [2.75, 3.05) is 0 Å². The van der Waals surface area contributed by atoms with Crippen LogP contribution in [0.15, 0.2) is 40.9 Å². The fraction of sp³-hybridized carbons (Fsp3) is 0.0769.